The summed E-state index contributed by atoms with van der Waals surface area (Å²) in [6, 6.07) is 0. The molecule has 0 aliphatic heterocycles. The highest BCUT2D eigenvalue weighted by Gasteiger charge is 2.60. The van der Waals surface area contributed by atoms with Gasteiger partial charge < -0.3 is 31.5 Å². The minimum absolute atomic E-state index is 0.0660. The first kappa shape index (κ1) is 32.0. The van der Waals surface area contributed by atoms with Crippen LogP contribution < -0.4 is 21.7 Å². The number of carbonyl (C=O) groups excluding carboxylic acids is 1. The van der Waals surface area contributed by atoms with Crippen LogP contribution in [0.25, 0.3) is 0 Å². The van der Waals surface area contributed by atoms with Crippen LogP contribution in [0.3, 0.4) is 0 Å². The number of nitrogens with one attached hydrogen (secondary N) is 3. The molecule has 0 aromatic carbocycles. The minimum Gasteiger partial charge on any atom is -0.449 e. The Kier molecular flexibility index (Phi) is 12.0. The zero-order valence-corrected chi connectivity index (χ0v) is 26.0. The van der Waals surface area contributed by atoms with Gasteiger partial charge in [0.05, 0.1) is 12.7 Å². The van der Waals surface area contributed by atoms with Crippen molar-refractivity contribution in [2.45, 2.75) is 110 Å². The fourth-order valence-corrected chi connectivity index (χ4v) is 9.97. The number of alkyl carbamates (subject to hydrolysis) is 1. The van der Waals surface area contributed by atoms with E-state index in [1.165, 1.54) is 51.4 Å². The van der Waals surface area contributed by atoms with Crippen molar-refractivity contribution < 1.29 is 14.6 Å². The molecule has 0 unspecified atom stereocenters. The van der Waals surface area contributed by atoms with Gasteiger partial charge in [0, 0.05) is 6.54 Å². The lowest BCUT2D eigenvalue weighted by Gasteiger charge is -2.61. The molecule has 1 amide bonds. The van der Waals surface area contributed by atoms with E-state index in [0.717, 1.165) is 88.5 Å². The zero-order chi connectivity index (χ0) is 28.6. The monoisotopic (exact) mass is 562 g/mol. The molecule has 7 heteroatoms. The van der Waals surface area contributed by atoms with E-state index in [1.807, 2.05) is 0 Å². The van der Waals surface area contributed by atoms with Gasteiger partial charge in [-0.3, -0.25) is 0 Å². The Bertz CT molecular complexity index is 783. The summed E-state index contributed by atoms with van der Waals surface area (Å²) in [6.45, 7) is 13.4. The van der Waals surface area contributed by atoms with E-state index in [0.29, 0.717) is 35.8 Å². The lowest BCUT2D eigenvalue weighted by atomic mass is 9.44. The quantitative estimate of drug-likeness (QED) is 0.178. The number of hydrogen-bond acceptors (Lipinski definition) is 6. The highest BCUT2D eigenvalue weighted by Crippen LogP contribution is 2.68. The third kappa shape index (κ3) is 7.54. The van der Waals surface area contributed by atoms with Crippen molar-refractivity contribution in [1.29, 1.82) is 0 Å². The Balaban J connectivity index is 1.12. The van der Waals surface area contributed by atoms with E-state index >= 15 is 0 Å². The molecule has 4 saturated carbocycles. The molecule has 0 spiro atoms. The van der Waals surface area contributed by atoms with E-state index < -0.39 is 0 Å². The van der Waals surface area contributed by atoms with Crippen LogP contribution in [0.4, 0.5) is 4.79 Å². The molecule has 0 heterocycles. The second kappa shape index (κ2) is 15.0. The number of unbranched alkanes of at least 4 members (excludes halogenated alkanes) is 1. The molecular weight excluding hydrogens is 500 g/mol. The maximum absolute atomic E-state index is 12.4. The third-order valence-electron chi connectivity index (χ3n) is 12.2. The third-order valence-corrected chi connectivity index (χ3v) is 12.2. The van der Waals surface area contributed by atoms with Crippen LogP contribution >= 0.6 is 0 Å². The van der Waals surface area contributed by atoms with Crippen molar-refractivity contribution in [3.63, 3.8) is 0 Å². The number of aliphatic hydroxyl groups is 1. The van der Waals surface area contributed by atoms with Crippen molar-refractivity contribution >= 4 is 6.09 Å². The molecule has 40 heavy (non-hydrogen) atoms. The van der Waals surface area contributed by atoms with E-state index in [2.05, 4.69) is 36.7 Å². The van der Waals surface area contributed by atoms with Gasteiger partial charge in [0.2, 0.25) is 0 Å². The largest absolute Gasteiger partial charge is 0.449 e. The lowest BCUT2D eigenvalue weighted by molar-refractivity contribution is -0.130. The van der Waals surface area contributed by atoms with Crippen LogP contribution in [0, 0.1) is 46.3 Å². The lowest BCUT2D eigenvalue weighted by Crippen LogP contribution is -2.54. The topological polar surface area (TPSA) is 109 Å². The average Bonchev–Trinajstić information content (AvgIpc) is 3.30. The zero-order valence-electron chi connectivity index (χ0n) is 26.0. The first-order valence-electron chi connectivity index (χ1n) is 17.0. The molecule has 232 valence electrons. The Hall–Kier alpha value is -0.890. The van der Waals surface area contributed by atoms with Gasteiger partial charge in [-0.25, -0.2) is 4.79 Å². The molecule has 7 nitrogen and oxygen atoms in total. The highest BCUT2D eigenvalue weighted by atomic mass is 16.5. The van der Waals surface area contributed by atoms with E-state index in [4.69, 9.17) is 10.5 Å². The molecule has 0 aromatic heterocycles. The molecule has 0 radical (unpaired) electrons. The Labute approximate surface area is 244 Å². The van der Waals surface area contributed by atoms with Gasteiger partial charge in [-0.15, -0.1) is 0 Å². The number of ether oxygens (including phenoxy) is 1. The summed E-state index contributed by atoms with van der Waals surface area (Å²) < 4.78 is 5.74. The maximum atomic E-state index is 12.4. The number of rotatable bonds is 15. The minimum atomic E-state index is -0.260. The molecule has 4 aliphatic carbocycles. The van der Waals surface area contributed by atoms with Crippen LogP contribution in [0.5, 0.6) is 0 Å². The number of carbonyl (C=O) groups is 1. The molecule has 4 aliphatic rings. The summed E-state index contributed by atoms with van der Waals surface area (Å²) in [5.41, 5.74) is 6.32. The van der Waals surface area contributed by atoms with Crippen LogP contribution in [0.15, 0.2) is 0 Å². The van der Waals surface area contributed by atoms with Crippen molar-refractivity contribution in [3.8, 4) is 0 Å². The number of hydrogen-bond donors (Lipinski definition) is 5. The Morgan fingerprint density at radius 3 is 2.30 bits per heavy atom. The number of amides is 1. The normalized spacial score (nSPS) is 37.7. The number of aliphatic hydroxyl groups excluding tert-OH is 1. The second-order valence-corrected chi connectivity index (χ2v) is 14.5. The summed E-state index contributed by atoms with van der Waals surface area (Å²) in [7, 11) is 0. The van der Waals surface area contributed by atoms with Crippen molar-refractivity contribution in [1.82, 2.24) is 16.0 Å². The van der Waals surface area contributed by atoms with Gasteiger partial charge in [0.25, 0.3) is 0 Å². The summed E-state index contributed by atoms with van der Waals surface area (Å²) in [5.74, 6) is 4.27. The Morgan fingerprint density at radius 1 is 0.875 bits per heavy atom. The SMILES string of the molecule is C[C@H](COC(=O)NCCCNCCCCNCCCN)[C@H]1CC[C@H]2[C@@H]3CC[C@@H]4C[C@H](O)CC[C@]4(C)[C@H]3CC[C@]12C. The van der Waals surface area contributed by atoms with Gasteiger partial charge in [0.1, 0.15) is 0 Å². The molecule has 6 N–H and O–H groups in total. The summed E-state index contributed by atoms with van der Waals surface area (Å²) in [6.07, 6.45) is 15.2. The smallest absolute Gasteiger partial charge is 0.407 e. The van der Waals surface area contributed by atoms with Crippen molar-refractivity contribution in [2.75, 3.05) is 45.9 Å². The predicted octanol–water partition coefficient (Wildman–Crippen LogP) is 5.07. The number of fused-ring (bicyclic) bond motifs is 5. The first-order chi connectivity index (χ1) is 19.3. The standard InChI is InChI=1S/C33H62N4O3/c1-24(23-40-31(39)37-21-7-20-36-18-5-4-17-35-19-6-16-34)28-10-11-29-27-9-8-25-22-26(38)12-14-32(25,2)30(27)13-15-33(28,29)3/h24-30,35-36,38H,4-23,34H2,1-3H3,(H,37,39)/t24-,25-,26-,27+,28-,29+,30+,32+,33-/m1/s1. The fraction of sp³-hybridized carbons (Fsp3) is 0.970. The van der Waals surface area contributed by atoms with Crippen molar-refractivity contribution in [2.24, 2.45) is 52.1 Å². The molecule has 4 rings (SSSR count). The molecule has 0 saturated heterocycles. The van der Waals surface area contributed by atoms with E-state index in [1.54, 1.807) is 0 Å². The average molecular weight is 563 g/mol. The van der Waals surface area contributed by atoms with Gasteiger partial charge in [-0.1, -0.05) is 20.8 Å². The summed E-state index contributed by atoms with van der Waals surface area (Å²) in [4.78, 5) is 12.4. The van der Waals surface area contributed by atoms with Gasteiger partial charge in [0.15, 0.2) is 0 Å². The van der Waals surface area contributed by atoms with E-state index in [-0.39, 0.29) is 12.2 Å². The van der Waals surface area contributed by atoms with Crippen LogP contribution in [0.2, 0.25) is 0 Å². The maximum Gasteiger partial charge on any atom is 0.407 e. The summed E-state index contributed by atoms with van der Waals surface area (Å²) >= 11 is 0. The van der Waals surface area contributed by atoms with Crippen molar-refractivity contribution in [3.05, 3.63) is 0 Å². The van der Waals surface area contributed by atoms with Gasteiger partial charge >= 0.3 is 6.09 Å². The number of nitrogens with two attached hydrogens (primary N) is 1. The van der Waals surface area contributed by atoms with Crippen LogP contribution in [0.1, 0.15) is 104 Å². The second-order valence-electron chi connectivity index (χ2n) is 14.5. The van der Waals surface area contributed by atoms with Crippen LogP contribution in [-0.2, 0) is 4.74 Å². The van der Waals surface area contributed by atoms with Crippen LogP contribution in [-0.4, -0.2) is 63.2 Å². The molecule has 0 aromatic rings. The fourth-order valence-electron chi connectivity index (χ4n) is 9.97. The van der Waals surface area contributed by atoms with E-state index in [9.17, 15) is 9.90 Å². The summed E-state index contributed by atoms with van der Waals surface area (Å²) in [5, 5.41) is 20.2. The molecule has 0 bridgehead atoms. The predicted molar refractivity (Wildman–Crippen MR) is 163 cm³/mol. The first-order valence-corrected chi connectivity index (χ1v) is 17.0. The molecule has 9 atom stereocenters. The Morgan fingerprint density at radius 2 is 1.55 bits per heavy atom. The molecule has 4 fully saturated rings. The van der Waals surface area contributed by atoms with Gasteiger partial charge in [-0.05, 0) is 163 Å². The highest BCUT2D eigenvalue weighted by molar-refractivity contribution is 5.67. The van der Waals surface area contributed by atoms with Gasteiger partial charge in [-0.2, -0.15) is 0 Å². The molecular formula is C33H62N4O3.